The third kappa shape index (κ3) is 2.82. The number of amides is 1. The average Bonchev–Trinajstić information content (AvgIpc) is 3.39. The smallest absolute Gasteiger partial charge is 0.226 e. The standard InChI is InChI=1S/C17H21ClN2O/c18-13-3-1-12(2-4-13)15-11-16(15)17(21)20-9-7-19(8-10-20)14-5-6-14/h1-4,14-16H,5-11H2/t15-,16+/m1/s1. The van der Waals surface area contributed by atoms with Gasteiger partial charge in [-0.1, -0.05) is 23.7 Å². The van der Waals surface area contributed by atoms with Gasteiger partial charge in [-0.05, 0) is 42.9 Å². The molecule has 0 N–H and O–H groups in total. The zero-order valence-electron chi connectivity index (χ0n) is 12.2. The monoisotopic (exact) mass is 304 g/mol. The van der Waals surface area contributed by atoms with E-state index in [1.807, 2.05) is 12.1 Å². The summed E-state index contributed by atoms with van der Waals surface area (Å²) in [6.07, 6.45) is 3.72. The minimum absolute atomic E-state index is 0.207. The molecule has 0 unspecified atom stereocenters. The van der Waals surface area contributed by atoms with Crippen LogP contribution in [0.3, 0.4) is 0 Å². The molecule has 1 aromatic rings. The van der Waals surface area contributed by atoms with Crippen LogP contribution in [-0.2, 0) is 4.79 Å². The van der Waals surface area contributed by atoms with Crippen molar-refractivity contribution in [1.29, 1.82) is 0 Å². The van der Waals surface area contributed by atoms with Gasteiger partial charge in [0.2, 0.25) is 5.91 Å². The van der Waals surface area contributed by atoms with E-state index < -0.39 is 0 Å². The number of carbonyl (C=O) groups excluding carboxylic acids is 1. The van der Waals surface area contributed by atoms with Crippen molar-refractivity contribution in [2.75, 3.05) is 26.2 Å². The number of nitrogens with zero attached hydrogens (tertiary/aromatic N) is 2. The minimum atomic E-state index is 0.207. The molecule has 0 spiro atoms. The first-order valence-corrected chi connectivity index (χ1v) is 8.38. The van der Waals surface area contributed by atoms with Gasteiger partial charge in [0.1, 0.15) is 0 Å². The summed E-state index contributed by atoms with van der Waals surface area (Å²) in [6.45, 7) is 3.96. The van der Waals surface area contributed by atoms with E-state index in [4.69, 9.17) is 11.6 Å². The van der Waals surface area contributed by atoms with Crippen LogP contribution in [0.25, 0.3) is 0 Å². The van der Waals surface area contributed by atoms with E-state index in [0.717, 1.165) is 43.7 Å². The van der Waals surface area contributed by atoms with Crippen molar-refractivity contribution in [2.24, 2.45) is 5.92 Å². The molecule has 3 aliphatic rings. The molecule has 2 saturated carbocycles. The van der Waals surface area contributed by atoms with Gasteiger partial charge >= 0.3 is 0 Å². The molecule has 4 rings (SSSR count). The van der Waals surface area contributed by atoms with Gasteiger partial charge in [-0.3, -0.25) is 9.69 Å². The van der Waals surface area contributed by atoms with Gasteiger partial charge in [-0.2, -0.15) is 0 Å². The van der Waals surface area contributed by atoms with Crippen LogP contribution >= 0.6 is 11.6 Å². The molecule has 1 amide bonds. The van der Waals surface area contributed by atoms with Crippen LogP contribution in [0.15, 0.2) is 24.3 Å². The van der Waals surface area contributed by atoms with Crippen LogP contribution < -0.4 is 0 Å². The summed E-state index contributed by atoms with van der Waals surface area (Å²) >= 11 is 5.92. The van der Waals surface area contributed by atoms with Crippen LogP contribution in [0, 0.1) is 5.92 Å². The molecule has 1 aliphatic heterocycles. The Labute approximate surface area is 130 Å². The Morgan fingerprint density at radius 3 is 2.33 bits per heavy atom. The van der Waals surface area contributed by atoms with Gasteiger partial charge < -0.3 is 4.90 Å². The van der Waals surface area contributed by atoms with Crippen LogP contribution in [-0.4, -0.2) is 47.9 Å². The first-order valence-electron chi connectivity index (χ1n) is 8.00. The second kappa shape index (κ2) is 5.29. The highest BCUT2D eigenvalue weighted by Gasteiger charge is 2.46. The second-order valence-electron chi connectivity index (χ2n) is 6.59. The Balaban J connectivity index is 1.33. The fourth-order valence-electron chi connectivity index (χ4n) is 3.53. The quantitative estimate of drug-likeness (QED) is 0.857. The van der Waals surface area contributed by atoms with E-state index in [1.54, 1.807) is 0 Å². The van der Waals surface area contributed by atoms with E-state index in [2.05, 4.69) is 21.9 Å². The molecule has 21 heavy (non-hydrogen) atoms. The van der Waals surface area contributed by atoms with Gasteiger partial charge in [0.25, 0.3) is 0 Å². The van der Waals surface area contributed by atoms with Crippen molar-refractivity contribution in [1.82, 2.24) is 9.80 Å². The fraction of sp³-hybridized carbons (Fsp3) is 0.588. The molecule has 112 valence electrons. The second-order valence-corrected chi connectivity index (χ2v) is 7.03. The molecule has 0 radical (unpaired) electrons. The first-order chi connectivity index (χ1) is 10.2. The highest BCUT2D eigenvalue weighted by molar-refractivity contribution is 6.30. The maximum atomic E-state index is 12.6. The predicted octanol–water partition coefficient (Wildman–Crippen LogP) is 2.75. The summed E-state index contributed by atoms with van der Waals surface area (Å²) in [5.74, 6) is 0.986. The zero-order valence-corrected chi connectivity index (χ0v) is 12.9. The van der Waals surface area contributed by atoms with Crippen LogP contribution in [0.5, 0.6) is 0 Å². The van der Waals surface area contributed by atoms with Crippen LogP contribution in [0.4, 0.5) is 0 Å². The maximum absolute atomic E-state index is 12.6. The number of benzene rings is 1. The molecule has 1 saturated heterocycles. The highest BCUT2D eigenvalue weighted by Crippen LogP contribution is 2.48. The fourth-order valence-corrected chi connectivity index (χ4v) is 3.65. The van der Waals surface area contributed by atoms with E-state index >= 15 is 0 Å². The number of hydrogen-bond acceptors (Lipinski definition) is 2. The molecule has 1 heterocycles. The van der Waals surface area contributed by atoms with Crippen molar-refractivity contribution in [2.45, 2.75) is 31.2 Å². The molecule has 1 aromatic carbocycles. The lowest BCUT2D eigenvalue weighted by molar-refractivity contribution is -0.134. The van der Waals surface area contributed by atoms with Crippen LogP contribution in [0.2, 0.25) is 5.02 Å². The molecule has 2 atom stereocenters. The highest BCUT2D eigenvalue weighted by atomic mass is 35.5. The average molecular weight is 305 g/mol. The van der Waals surface area contributed by atoms with E-state index in [0.29, 0.717) is 11.8 Å². The van der Waals surface area contributed by atoms with Gasteiger partial charge in [0, 0.05) is 43.2 Å². The normalized spacial score (nSPS) is 29.5. The third-order valence-corrected chi connectivity index (χ3v) is 5.35. The summed E-state index contributed by atoms with van der Waals surface area (Å²) in [4.78, 5) is 17.2. The van der Waals surface area contributed by atoms with E-state index in [1.165, 1.54) is 18.4 Å². The molecule has 0 aromatic heterocycles. The zero-order chi connectivity index (χ0) is 14.4. The molecule has 3 nitrogen and oxygen atoms in total. The number of hydrogen-bond donors (Lipinski definition) is 0. The molecule has 0 bridgehead atoms. The Bertz CT molecular complexity index is 532. The Hall–Kier alpha value is -1.06. The summed E-state index contributed by atoms with van der Waals surface area (Å²) in [5.41, 5.74) is 1.26. The lowest BCUT2D eigenvalue weighted by Gasteiger charge is -2.35. The number of carbonyl (C=O) groups is 1. The Kier molecular flexibility index (Phi) is 3.43. The molecule has 2 aliphatic carbocycles. The van der Waals surface area contributed by atoms with E-state index in [-0.39, 0.29) is 5.92 Å². The van der Waals surface area contributed by atoms with E-state index in [9.17, 15) is 4.79 Å². The minimum Gasteiger partial charge on any atom is -0.340 e. The van der Waals surface area contributed by atoms with Gasteiger partial charge in [-0.15, -0.1) is 0 Å². The summed E-state index contributed by atoms with van der Waals surface area (Å²) in [6, 6.07) is 8.79. The topological polar surface area (TPSA) is 23.6 Å². The van der Waals surface area contributed by atoms with Crippen molar-refractivity contribution >= 4 is 17.5 Å². The van der Waals surface area contributed by atoms with Gasteiger partial charge in [0.05, 0.1) is 0 Å². The van der Waals surface area contributed by atoms with Crippen molar-refractivity contribution in [3.63, 3.8) is 0 Å². The Morgan fingerprint density at radius 1 is 1.05 bits per heavy atom. The number of piperazine rings is 1. The summed E-state index contributed by atoms with van der Waals surface area (Å²) in [7, 11) is 0. The maximum Gasteiger partial charge on any atom is 0.226 e. The number of rotatable bonds is 3. The summed E-state index contributed by atoms with van der Waals surface area (Å²) < 4.78 is 0. The largest absolute Gasteiger partial charge is 0.340 e. The summed E-state index contributed by atoms with van der Waals surface area (Å²) in [5, 5.41) is 0.762. The first kappa shape index (κ1) is 13.6. The molecule has 3 fully saturated rings. The van der Waals surface area contributed by atoms with Crippen molar-refractivity contribution in [3.8, 4) is 0 Å². The predicted molar refractivity (Wildman–Crippen MR) is 83.5 cm³/mol. The van der Waals surface area contributed by atoms with Crippen molar-refractivity contribution in [3.05, 3.63) is 34.9 Å². The lowest BCUT2D eigenvalue weighted by Crippen LogP contribution is -2.49. The third-order valence-electron chi connectivity index (χ3n) is 5.10. The Morgan fingerprint density at radius 2 is 1.71 bits per heavy atom. The van der Waals surface area contributed by atoms with Crippen LogP contribution in [0.1, 0.15) is 30.7 Å². The molecular weight excluding hydrogens is 284 g/mol. The molecule has 4 heteroatoms. The van der Waals surface area contributed by atoms with Crippen molar-refractivity contribution < 1.29 is 4.79 Å². The SMILES string of the molecule is O=C([C@H]1C[C@@H]1c1ccc(Cl)cc1)N1CCN(C2CC2)CC1. The lowest BCUT2D eigenvalue weighted by atomic mass is 10.1. The number of halogens is 1. The molecular formula is C17H21ClN2O. The van der Waals surface area contributed by atoms with Gasteiger partial charge in [-0.25, -0.2) is 0 Å². The van der Waals surface area contributed by atoms with Gasteiger partial charge in [0.15, 0.2) is 0 Å².